The van der Waals surface area contributed by atoms with Crippen molar-refractivity contribution >= 4 is 35.0 Å². The molecule has 2 rings (SSSR count). The number of nitrogens with zero attached hydrogens (tertiary/aromatic N) is 2. The van der Waals surface area contributed by atoms with E-state index in [0.717, 1.165) is 11.5 Å². The van der Waals surface area contributed by atoms with E-state index in [2.05, 4.69) is 20.6 Å². The van der Waals surface area contributed by atoms with E-state index in [0.29, 0.717) is 29.9 Å². The molecule has 1 aromatic heterocycles. The van der Waals surface area contributed by atoms with Crippen LogP contribution in [0.4, 0.5) is 11.8 Å². The van der Waals surface area contributed by atoms with Gasteiger partial charge in [-0.25, -0.2) is 4.98 Å². The second kappa shape index (κ2) is 6.75. The summed E-state index contributed by atoms with van der Waals surface area (Å²) >= 11 is 11.9. The van der Waals surface area contributed by atoms with Crippen LogP contribution in [0, 0.1) is 0 Å². The molecule has 0 bridgehead atoms. The van der Waals surface area contributed by atoms with Crippen LogP contribution in [-0.2, 0) is 0 Å². The van der Waals surface area contributed by atoms with Crippen LogP contribution in [0.2, 0.25) is 5.02 Å². The van der Waals surface area contributed by atoms with Crippen molar-refractivity contribution in [2.75, 3.05) is 23.7 Å². The molecule has 4 N–H and O–H groups in total. The van der Waals surface area contributed by atoms with E-state index in [9.17, 15) is 0 Å². The maximum Gasteiger partial charge on any atom is 0.225 e. The van der Waals surface area contributed by atoms with E-state index < -0.39 is 0 Å². The van der Waals surface area contributed by atoms with Crippen LogP contribution in [-0.4, -0.2) is 29.1 Å². The molecule has 1 aliphatic carbocycles. The first-order valence-corrected chi connectivity index (χ1v) is 6.71. The maximum absolute atomic E-state index is 6.00. The number of rotatable bonds is 5. The predicted molar refractivity (Wildman–Crippen MR) is 79.7 cm³/mol. The van der Waals surface area contributed by atoms with Gasteiger partial charge in [-0.1, -0.05) is 35.4 Å². The van der Waals surface area contributed by atoms with Crippen LogP contribution in [0.5, 0.6) is 0 Å². The van der Waals surface area contributed by atoms with Crippen molar-refractivity contribution in [3.63, 3.8) is 0 Å². The normalized spacial score (nSPS) is 18.1. The molecule has 0 fully saturated rings. The summed E-state index contributed by atoms with van der Waals surface area (Å²) in [4.78, 5) is 8.46. The van der Waals surface area contributed by atoms with Crippen molar-refractivity contribution in [3.8, 4) is 0 Å². The molecular weight excluding hydrogens is 285 g/mol. The molecule has 0 amide bonds. The Labute approximate surface area is 121 Å². The number of nitrogens with one attached hydrogen (secondary N) is 2. The van der Waals surface area contributed by atoms with E-state index in [4.69, 9.17) is 28.9 Å². The molecule has 0 aromatic carbocycles. The van der Waals surface area contributed by atoms with Crippen molar-refractivity contribution in [2.45, 2.75) is 12.5 Å². The maximum atomic E-state index is 6.00. The largest absolute Gasteiger partial charge is 0.367 e. The number of hydrogen-bond donors (Lipinski definition) is 3. The molecule has 1 aromatic rings. The van der Waals surface area contributed by atoms with Crippen LogP contribution in [0.25, 0.3) is 0 Å². The molecule has 0 saturated heterocycles. The third-order valence-electron chi connectivity index (χ3n) is 2.55. The summed E-state index contributed by atoms with van der Waals surface area (Å²) in [6, 6.07) is 0.131. The first-order chi connectivity index (χ1) is 9.19. The summed E-state index contributed by atoms with van der Waals surface area (Å²) in [5.74, 6) is 1.10. The van der Waals surface area contributed by atoms with Crippen LogP contribution in [0.1, 0.15) is 6.42 Å². The van der Waals surface area contributed by atoms with Gasteiger partial charge in [0.1, 0.15) is 5.02 Å². The minimum atomic E-state index is 0.131. The molecule has 1 aliphatic rings. The molecule has 0 radical (unpaired) electrons. The van der Waals surface area contributed by atoms with Crippen molar-refractivity contribution in [1.82, 2.24) is 9.97 Å². The fourth-order valence-corrected chi connectivity index (χ4v) is 1.94. The molecular formula is C12H15Cl2N5. The van der Waals surface area contributed by atoms with E-state index >= 15 is 0 Å². The molecule has 1 heterocycles. The van der Waals surface area contributed by atoms with Crippen LogP contribution in [0.15, 0.2) is 29.5 Å². The fraction of sp³-hybridized carbons (Fsp3) is 0.333. The minimum absolute atomic E-state index is 0.131. The zero-order valence-electron chi connectivity index (χ0n) is 10.2. The van der Waals surface area contributed by atoms with E-state index in [1.54, 1.807) is 6.20 Å². The van der Waals surface area contributed by atoms with Gasteiger partial charge in [-0.05, 0) is 12.5 Å². The lowest BCUT2D eigenvalue weighted by Crippen LogP contribution is -2.20. The summed E-state index contributed by atoms with van der Waals surface area (Å²) in [7, 11) is 0. The highest BCUT2D eigenvalue weighted by molar-refractivity contribution is 6.32. The van der Waals surface area contributed by atoms with Crippen molar-refractivity contribution < 1.29 is 0 Å². The van der Waals surface area contributed by atoms with Gasteiger partial charge in [0.25, 0.3) is 0 Å². The second-order valence-electron chi connectivity index (χ2n) is 4.04. The van der Waals surface area contributed by atoms with Crippen LogP contribution < -0.4 is 16.4 Å². The van der Waals surface area contributed by atoms with Crippen LogP contribution >= 0.6 is 23.2 Å². The number of anilines is 2. The first kappa shape index (κ1) is 14.1. The third kappa shape index (κ3) is 4.09. The Morgan fingerprint density at radius 3 is 2.95 bits per heavy atom. The highest BCUT2D eigenvalue weighted by atomic mass is 35.5. The average Bonchev–Trinajstić information content (AvgIpc) is 2.42. The zero-order chi connectivity index (χ0) is 13.7. The summed E-state index contributed by atoms with van der Waals surface area (Å²) in [5.41, 5.74) is 5.43. The van der Waals surface area contributed by atoms with Crippen LogP contribution in [0.3, 0.4) is 0 Å². The smallest absolute Gasteiger partial charge is 0.225 e. The average molecular weight is 300 g/mol. The number of nitrogens with two attached hydrogens (primary N) is 1. The van der Waals surface area contributed by atoms with E-state index in [-0.39, 0.29) is 6.04 Å². The quantitative estimate of drug-likeness (QED) is 0.778. The summed E-state index contributed by atoms with van der Waals surface area (Å²) in [6.07, 6.45) is 8.14. The monoisotopic (exact) mass is 299 g/mol. The van der Waals surface area contributed by atoms with Gasteiger partial charge in [-0.2, -0.15) is 4.98 Å². The number of hydrogen-bond acceptors (Lipinski definition) is 5. The fourth-order valence-electron chi connectivity index (χ4n) is 1.62. The molecule has 1 atom stereocenters. The molecule has 19 heavy (non-hydrogen) atoms. The number of halogens is 2. The van der Waals surface area contributed by atoms with Crippen molar-refractivity contribution in [2.24, 2.45) is 5.73 Å². The van der Waals surface area contributed by atoms with Gasteiger partial charge in [0.2, 0.25) is 5.95 Å². The zero-order valence-corrected chi connectivity index (χ0v) is 11.7. The molecule has 0 saturated carbocycles. The highest BCUT2D eigenvalue weighted by Gasteiger charge is 2.10. The molecule has 1 unspecified atom stereocenters. The summed E-state index contributed by atoms with van der Waals surface area (Å²) in [6.45, 7) is 1.12. The topological polar surface area (TPSA) is 75.9 Å². The standard InChI is InChI=1S/C12H15Cl2N5/c13-8-1-3-9(4-2-8)18-12-17-7-10(14)11(19-12)16-6-5-15/h1-3,7,9H,4-6,15H2,(H2,16,17,18,19). The lowest BCUT2D eigenvalue weighted by atomic mass is 10.1. The Balaban J connectivity index is 2.03. The van der Waals surface area contributed by atoms with Crippen molar-refractivity contribution in [3.05, 3.63) is 34.5 Å². The lowest BCUT2D eigenvalue weighted by molar-refractivity contribution is 0.859. The van der Waals surface area contributed by atoms with Gasteiger partial charge >= 0.3 is 0 Å². The Bertz CT molecular complexity index is 501. The Hall–Kier alpha value is -1.30. The second-order valence-corrected chi connectivity index (χ2v) is 4.88. The van der Waals surface area contributed by atoms with Crippen molar-refractivity contribution in [1.29, 1.82) is 0 Å². The molecule has 5 nitrogen and oxygen atoms in total. The van der Waals surface area contributed by atoms with Gasteiger partial charge in [-0.15, -0.1) is 0 Å². The Morgan fingerprint density at radius 1 is 1.42 bits per heavy atom. The van der Waals surface area contributed by atoms with Gasteiger partial charge < -0.3 is 16.4 Å². The van der Waals surface area contributed by atoms with Gasteiger partial charge in [-0.3, -0.25) is 0 Å². The van der Waals surface area contributed by atoms with Gasteiger partial charge in [0, 0.05) is 18.1 Å². The number of allylic oxidation sites excluding steroid dienone is 2. The summed E-state index contributed by atoms with van der Waals surface area (Å²) in [5, 5.41) is 7.48. The predicted octanol–water partition coefficient (Wildman–Crippen LogP) is 2.36. The van der Waals surface area contributed by atoms with E-state index in [1.165, 1.54) is 0 Å². The number of aromatic nitrogens is 2. The molecule has 0 aliphatic heterocycles. The highest BCUT2D eigenvalue weighted by Crippen LogP contribution is 2.21. The van der Waals surface area contributed by atoms with E-state index in [1.807, 2.05) is 18.2 Å². The first-order valence-electron chi connectivity index (χ1n) is 5.96. The molecule has 0 spiro atoms. The summed E-state index contributed by atoms with van der Waals surface area (Å²) < 4.78 is 0. The lowest BCUT2D eigenvalue weighted by Gasteiger charge is -2.16. The van der Waals surface area contributed by atoms with Gasteiger partial charge in [0.15, 0.2) is 5.82 Å². The van der Waals surface area contributed by atoms with Gasteiger partial charge in [0.05, 0.1) is 12.2 Å². The molecule has 102 valence electrons. The Kier molecular flexibility index (Phi) is 5.01. The SMILES string of the molecule is NCCNc1nc(NC2C=CC(Cl)=CC2)ncc1Cl. The molecule has 7 heteroatoms. The minimum Gasteiger partial charge on any atom is -0.367 e. The Morgan fingerprint density at radius 2 is 2.26 bits per heavy atom. The third-order valence-corrected chi connectivity index (χ3v) is 3.11.